The zero-order chi connectivity index (χ0) is 10.6. The van der Waals surface area contributed by atoms with E-state index in [1.54, 1.807) is 13.1 Å². The lowest BCUT2D eigenvalue weighted by atomic mass is 10.2. The van der Waals surface area contributed by atoms with Gasteiger partial charge in [-0.2, -0.15) is 0 Å². The number of anilines is 1. The Kier molecular flexibility index (Phi) is 3.17. The molecular formula is C9H12N4O. The second-order valence-corrected chi connectivity index (χ2v) is 2.58. The summed E-state index contributed by atoms with van der Waals surface area (Å²) in [6, 6.07) is 1.62. The number of ether oxygens (including phenoxy) is 1. The van der Waals surface area contributed by atoms with E-state index in [1.807, 2.05) is 0 Å². The second-order valence-electron chi connectivity index (χ2n) is 2.58. The molecule has 0 aliphatic carbocycles. The lowest BCUT2D eigenvalue weighted by Crippen LogP contribution is -2.08. The lowest BCUT2D eigenvalue weighted by Gasteiger charge is -2.07. The Balaban J connectivity index is 3.20. The van der Waals surface area contributed by atoms with Crippen LogP contribution in [0, 0.1) is 5.41 Å². The van der Waals surface area contributed by atoms with Crippen molar-refractivity contribution in [3.8, 4) is 5.75 Å². The summed E-state index contributed by atoms with van der Waals surface area (Å²) in [5.41, 5.74) is 6.70. The number of rotatable bonds is 3. The van der Waals surface area contributed by atoms with E-state index in [9.17, 15) is 0 Å². The van der Waals surface area contributed by atoms with Crippen LogP contribution >= 0.6 is 0 Å². The summed E-state index contributed by atoms with van der Waals surface area (Å²) in [6.45, 7) is 0. The molecule has 0 spiro atoms. The topological polar surface area (TPSA) is 84.4 Å². The molecule has 0 bridgehead atoms. The molecule has 0 aromatic carbocycles. The Labute approximate surface area is 82.1 Å². The molecule has 74 valence electrons. The molecule has 5 nitrogen and oxygen atoms in total. The summed E-state index contributed by atoms with van der Waals surface area (Å²) in [5, 5.41) is 7.62. The highest BCUT2D eigenvalue weighted by molar-refractivity contribution is 6.37. The van der Waals surface area contributed by atoms with Crippen LogP contribution in [0.4, 0.5) is 5.69 Å². The fourth-order valence-corrected chi connectivity index (χ4v) is 1.06. The van der Waals surface area contributed by atoms with Crippen LogP contribution in [0.1, 0.15) is 5.69 Å². The molecule has 3 N–H and O–H groups in total. The fraction of sp³-hybridized carbons (Fsp3) is 0.222. The predicted molar refractivity (Wildman–Crippen MR) is 56.4 cm³/mol. The summed E-state index contributed by atoms with van der Waals surface area (Å²) < 4.78 is 5.05. The highest BCUT2D eigenvalue weighted by Gasteiger charge is 2.10. The maximum Gasteiger partial charge on any atom is 0.169 e. The fourth-order valence-electron chi connectivity index (χ4n) is 1.06. The smallest absolute Gasteiger partial charge is 0.169 e. The number of nitrogens with two attached hydrogens (primary N) is 1. The molecule has 0 atom stereocenters. The van der Waals surface area contributed by atoms with Crippen LogP contribution < -0.4 is 10.5 Å². The van der Waals surface area contributed by atoms with Crippen LogP contribution in [-0.2, 0) is 0 Å². The van der Waals surface area contributed by atoms with E-state index in [1.165, 1.54) is 19.5 Å². The summed E-state index contributed by atoms with van der Waals surface area (Å²) in [7, 11) is 3.08. The molecule has 1 rings (SSSR count). The maximum absolute atomic E-state index is 7.62. The first kappa shape index (κ1) is 10.2. The van der Waals surface area contributed by atoms with Crippen molar-refractivity contribution < 1.29 is 4.74 Å². The molecule has 0 amide bonds. The molecule has 0 aliphatic heterocycles. The molecule has 0 fully saturated rings. The number of aliphatic imine (C=N–C) groups is 1. The summed E-state index contributed by atoms with van der Waals surface area (Å²) >= 11 is 0. The zero-order valence-electron chi connectivity index (χ0n) is 8.11. The first-order valence-electron chi connectivity index (χ1n) is 4.00. The van der Waals surface area contributed by atoms with Crippen LogP contribution in [0.5, 0.6) is 5.75 Å². The minimum Gasteiger partial charge on any atom is -0.492 e. The van der Waals surface area contributed by atoms with E-state index < -0.39 is 0 Å². The molecule has 5 heteroatoms. The SMILES string of the molecule is CN=CC(=N)c1nccc(N)c1OC. The number of nitrogens with zero attached hydrogens (tertiary/aromatic N) is 2. The third-order valence-electron chi connectivity index (χ3n) is 1.65. The number of pyridine rings is 1. The Morgan fingerprint density at radius 1 is 1.71 bits per heavy atom. The van der Waals surface area contributed by atoms with E-state index in [2.05, 4.69) is 9.98 Å². The van der Waals surface area contributed by atoms with Gasteiger partial charge in [0, 0.05) is 19.5 Å². The molecule has 1 aromatic heterocycles. The van der Waals surface area contributed by atoms with Crippen molar-refractivity contribution in [1.29, 1.82) is 5.41 Å². The lowest BCUT2D eigenvalue weighted by molar-refractivity contribution is 0.414. The van der Waals surface area contributed by atoms with Gasteiger partial charge in [0.25, 0.3) is 0 Å². The summed E-state index contributed by atoms with van der Waals surface area (Å²) in [4.78, 5) is 7.74. The third kappa shape index (κ3) is 1.87. The van der Waals surface area contributed by atoms with E-state index in [-0.39, 0.29) is 5.71 Å². The quantitative estimate of drug-likeness (QED) is 0.693. The van der Waals surface area contributed by atoms with Gasteiger partial charge < -0.3 is 10.5 Å². The molecule has 1 aromatic rings. The van der Waals surface area contributed by atoms with E-state index in [0.717, 1.165) is 0 Å². The molecule has 1 heterocycles. The zero-order valence-corrected chi connectivity index (χ0v) is 8.11. The Bertz CT molecular complexity index is 373. The monoisotopic (exact) mass is 192 g/mol. The van der Waals surface area contributed by atoms with Gasteiger partial charge in [-0.15, -0.1) is 0 Å². The van der Waals surface area contributed by atoms with Crippen LogP contribution in [0.15, 0.2) is 17.3 Å². The molecule has 14 heavy (non-hydrogen) atoms. The summed E-state index contributed by atoms with van der Waals surface area (Å²) in [6.07, 6.45) is 2.93. The molecular weight excluding hydrogens is 180 g/mol. The van der Waals surface area contributed by atoms with Crippen LogP contribution in [0.3, 0.4) is 0 Å². The van der Waals surface area contributed by atoms with Crippen molar-refractivity contribution >= 4 is 17.6 Å². The second kappa shape index (κ2) is 4.36. The minimum atomic E-state index is 0.177. The highest BCUT2D eigenvalue weighted by Crippen LogP contribution is 2.23. The van der Waals surface area contributed by atoms with Crippen molar-refractivity contribution in [3.05, 3.63) is 18.0 Å². The van der Waals surface area contributed by atoms with Gasteiger partial charge in [0.2, 0.25) is 0 Å². The Morgan fingerprint density at radius 3 is 3.00 bits per heavy atom. The normalized spacial score (nSPS) is 10.4. The van der Waals surface area contributed by atoms with Gasteiger partial charge in [0.1, 0.15) is 11.4 Å². The average molecular weight is 192 g/mol. The van der Waals surface area contributed by atoms with Gasteiger partial charge in [0.05, 0.1) is 12.8 Å². The van der Waals surface area contributed by atoms with E-state index in [0.29, 0.717) is 17.1 Å². The van der Waals surface area contributed by atoms with E-state index >= 15 is 0 Å². The molecule has 0 saturated carbocycles. The highest BCUT2D eigenvalue weighted by atomic mass is 16.5. The van der Waals surface area contributed by atoms with Crippen molar-refractivity contribution in [1.82, 2.24) is 4.98 Å². The van der Waals surface area contributed by atoms with Crippen LogP contribution in [0.25, 0.3) is 0 Å². The number of hydrogen-bond donors (Lipinski definition) is 2. The van der Waals surface area contributed by atoms with Crippen molar-refractivity contribution in [2.75, 3.05) is 19.9 Å². The van der Waals surface area contributed by atoms with E-state index in [4.69, 9.17) is 15.9 Å². The van der Waals surface area contributed by atoms with Gasteiger partial charge >= 0.3 is 0 Å². The Morgan fingerprint density at radius 2 is 2.43 bits per heavy atom. The van der Waals surface area contributed by atoms with Crippen molar-refractivity contribution in [2.45, 2.75) is 0 Å². The largest absolute Gasteiger partial charge is 0.492 e. The number of nitrogens with one attached hydrogen (secondary N) is 1. The first-order valence-corrected chi connectivity index (χ1v) is 4.00. The minimum absolute atomic E-state index is 0.177. The standard InChI is InChI=1S/C9H12N4O/c1-12-5-7(11)8-9(14-2)6(10)3-4-13-8/h3-5,11H,1-2H3,(H2,10,13). The van der Waals surface area contributed by atoms with Crippen molar-refractivity contribution in [3.63, 3.8) is 0 Å². The summed E-state index contributed by atoms with van der Waals surface area (Å²) in [5.74, 6) is 0.414. The average Bonchev–Trinajstić information content (AvgIpc) is 2.17. The van der Waals surface area contributed by atoms with Gasteiger partial charge in [-0.25, -0.2) is 0 Å². The molecule has 0 radical (unpaired) electrons. The van der Waals surface area contributed by atoms with Crippen LogP contribution in [-0.4, -0.2) is 31.1 Å². The predicted octanol–water partition coefficient (Wildman–Crippen LogP) is 0.741. The Hall–Kier alpha value is -1.91. The maximum atomic E-state index is 7.62. The number of nitrogen functional groups attached to an aromatic ring is 1. The number of methoxy groups -OCH3 is 1. The van der Waals surface area contributed by atoms with Crippen molar-refractivity contribution in [2.24, 2.45) is 4.99 Å². The first-order chi connectivity index (χ1) is 6.70. The number of aromatic nitrogens is 1. The van der Waals surface area contributed by atoms with Gasteiger partial charge in [-0.1, -0.05) is 0 Å². The van der Waals surface area contributed by atoms with Gasteiger partial charge in [0.15, 0.2) is 5.75 Å². The third-order valence-corrected chi connectivity index (χ3v) is 1.65. The van der Waals surface area contributed by atoms with Gasteiger partial charge in [-0.3, -0.25) is 15.4 Å². The number of hydrogen-bond acceptors (Lipinski definition) is 5. The van der Waals surface area contributed by atoms with Crippen LogP contribution in [0.2, 0.25) is 0 Å². The molecule has 0 aliphatic rings. The molecule has 0 saturated heterocycles. The molecule has 0 unspecified atom stereocenters. The van der Waals surface area contributed by atoms with Gasteiger partial charge in [-0.05, 0) is 6.07 Å².